The first-order valence-electron chi connectivity index (χ1n) is 4.32. The fourth-order valence-electron chi connectivity index (χ4n) is 1.10. The van der Waals surface area contributed by atoms with Crippen LogP contribution in [0.2, 0.25) is 0 Å². The molecule has 0 unspecified atom stereocenters. The minimum absolute atomic E-state index is 0.0369. The predicted octanol–water partition coefficient (Wildman–Crippen LogP) is 1.04. The third kappa shape index (κ3) is 1.83. The lowest BCUT2D eigenvalue weighted by Crippen LogP contribution is -2.15. The van der Waals surface area contributed by atoms with Crippen molar-refractivity contribution in [3.05, 3.63) is 35.8 Å². The average Bonchev–Trinajstić information content (AvgIpc) is 2.68. The Kier molecular flexibility index (Phi) is 2.50. The number of aromatic nitrogens is 2. The number of carbonyl (C=O) groups is 1. The molecule has 1 amide bonds. The van der Waals surface area contributed by atoms with Crippen LogP contribution in [0.4, 0.5) is 15.9 Å². The van der Waals surface area contributed by atoms with E-state index in [-0.39, 0.29) is 17.2 Å². The van der Waals surface area contributed by atoms with E-state index in [0.717, 1.165) is 0 Å². The van der Waals surface area contributed by atoms with Gasteiger partial charge in [0.05, 0.1) is 5.69 Å². The SMILES string of the molecule is Nc1nonc1C(=O)Nc1ccccc1F. The Labute approximate surface area is 89.2 Å². The van der Waals surface area contributed by atoms with Crippen LogP contribution in [-0.2, 0) is 0 Å². The Morgan fingerprint density at radius 3 is 2.75 bits per heavy atom. The third-order valence-electron chi connectivity index (χ3n) is 1.85. The van der Waals surface area contributed by atoms with Gasteiger partial charge >= 0.3 is 0 Å². The van der Waals surface area contributed by atoms with Gasteiger partial charge in [0.25, 0.3) is 5.91 Å². The maximum atomic E-state index is 13.2. The van der Waals surface area contributed by atoms with E-state index >= 15 is 0 Å². The Bertz CT molecular complexity index is 526. The van der Waals surface area contributed by atoms with Crippen molar-refractivity contribution in [1.29, 1.82) is 0 Å². The zero-order chi connectivity index (χ0) is 11.5. The molecule has 0 aliphatic heterocycles. The summed E-state index contributed by atoms with van der Waals surface area (Å²) in [5.41, 5.74) is 5.17. The lowest BCUT2D eigenvalue weighted by Gasteiger charge is -2.03. The number of nitrogen functional groups attached to an aromatic ring is 1. The van der Waals surface area contributed by atoms with Gasteiger partial charge in [-0.3, -0.25) is 4.79 Å². The molecule has 1 aromatic heterocycles. The molecule has 6 nitrogen and oxygen atoms in total. The zero-order valence-electron chi connectivity index (χ0n) is 7.98. The summed E-state index contributed by atoms with van der Waals surface area (Å²) in [4.78, 5) is 11.5. The summed E-state index contributed by atoms with van der Waals surface area (Å²) in [5, 5.41) is 8.83. The fraction of sp³-hybridized carbons (Fsp3) is 0. The molecule has 0 fully saturated rings. The molecule has 3 N–H and O–H groups in total. The number of halogens is 1. The molecule has 2 aromatic rings. The lowest BCUT2D eigenvalue weighted by molar-refractivity contribution is 0.101. The monoisotopic (exact) mass is 222 g/mol. The van der Waals surface area contributed by atoms with E-state index in [9.17, 15) is 9.18 Å². The Morgan fingerprint density at radius 2 is 2.12 bits per heavy atom. The van der Waals surface area contributed by atoms with Crippen molar-refractivity contribution in [2.45, 2.75) is 0 Å². The number of nitrogens with one attached hydrogen (secondary N) is 1. The van der Waals surface area contributed by atoms with E-state index in [1.54, 1.807) is 6.07 Å². The second kappa shape index (κ2) is 3.97. The molecule has 0 saturated heterocycles. The Hall–Kier alpha value is -2.44. The normalized spacial score (nSPS) is 10.1. The summed E-state index contributed by atoms with van der Waals surface area (Å²) in [6.45, 7) is 0. The highest BCUT2D eigenvalue weighted by molar-refractivity contribution is 6.05. The highest BCUT2D eigenvalue weighted by Crippen LogP contribution is 2.14. The van der Waals surface area contributed by atoms with Gasteiger partial charge in [0.15, 0.2) is 0 Å². The van der Waals surface area contributed by atoms with E-state index in [1.807, 2.05) is 0 Å². The van der Waals surface area contributed by atoms with Crippen molar-refractivity contribution in [1.82, 2.24) is 10.3 Å². The molecule has 0 aliphatic rings. The van der Waals surface area contributed by atoms with E-state index in [1.165, 1.54) is 18.2 Å². The molecule has 0 saturated carbocycles. The molecule has 0 spiro atoms. The van der Waals surface area contributed by atoms with Gasteiger partial charge in [-0.1, -0.05) is 12.1 Å². The molecule has 7 heteroatoms. The van der Waals surface area contributed by atoms with E-state index in [4.69, 9.17) is 5.73 Å². The summed E-state index contributed by atoms with van der Waals surface area (Å²) in [7, 11) is 0. The molecule has 1 aromatic carbocycles. The Balaban J connectivity index is 2.21. The topological polar surface area (TPSA) is 94.0 Å². The molecule has 82 valence electrons. The van der Waals surface area contributed by atoms with Crippen molar-refractivity contribution in [3.8, 4) is 0 Å². The minimum Gasteiger partial charge on any atom is -0.379 e. The van der Waals surface area contributed by atoms with E-state index < -0.39 is 11.7 Å². The van der Waals surface area contributed by atoms with Gasteiger partial charge in [0.1, 0.15) is 5.82 Å². The molecular formula is C9H7FN4O2. The van der Waals surface area contributed by atoms with Crippen LogP contribution < -0.4 is 11.1 Å². The number of para-hydroxylation sites is 1. The summed E-state index contributed by atoms with van der Waals surface area (Å²) in [5.74, 6) is -1.37. The standard InChI is InChI=1S/C9H7FN4O2/c10-5-3-1-2-4-6(5)12-9(15)7-8(11)14-16-13-7/h1-4H,(H2,11,14)(H,12,15). The van der Waals surface area contributed by atoms with Crippen molar-refractivity contribution >= 4 is 17.4 Å². The number of hydrogen-bond donors (Lipinski definition) is 2. The van der Waals surface area contributed by atoms with Crippen LogP contribution in [0.25, 0.3) is 0 Å². The van der Waals surface area contributed by atoms with Crippen LogP contribution in [0.1, 0.15) is 10.5 Å². The molecule has 1 heterocycles. The van der Waals surface area contributed by atoms with Crippen molar-refractivity contribution in [2.75, 3.05) is 11.1 Å². The molecule has 0 bridgehead atoms. The molecule has 0 radical (unpaired) electrons. The van der Waals surface area contributed by atoms with Crippen LogP contribution in [0.3, 0.4) is 0 Å². The fourth-order valence-corrected chi connectivity index (χ4v) is 1.10. The summed E-state index contributed by atoms with van der Waals surface area (Å²) in [6, 6.07) is 5.73. The van der Waals surface area contributed by atoms with Gasteiger partial charge in [0, 0.05) is 0 Å². The quantitative estimate of drug-likeness (QED) is 0.791. The maximum absolute atomic E-state index is 13.2. The third-order valence-corrected chi connectivity index (χ3v) is 1.85. The van der Waals surface area contributed by atoms with Gasteiger partial charge < -0.3 is 11.1 Å². The lowest BCUT2D eigenvalue weighted by atomic mass is 10.3. The zero-order valence-corrected chi connectivity index (χ0v) is 7.98. The van der Waals surface area contributed by atoms with Gasteiger partial charge in [-0.2, -0.15) is 0 Å². The summed E-state index contributed by atoms with van der Waals surface area (Å²) in [6.07, 6.45) is 0. The number of nitrogens with two attached hydrogens (primary N) is 1. The Morgan fingerprint density at radius 1 is 1.38 bits per heavy atom. The van der Waals surface area contributed by atoms with Gasteiger partial charge in [-0.15, -0.1) is 0 Å². The van der Waals surface area contributed by atoms with E-state index in [0.29, 0.717) is 0 Å². The first-order chi connectivity index (χ1) is 7.68. The number of nitrogens with zero attached hydrogens (tertiary/aromatic N) is 2. The van der Waals surface area contributed by atoms with Gasteiger partial charge in [-0.25, -0.2) is 9.02 Å². The summed E-state index contributed by atoms with van der Waals surface area (Å²) < 4.78 is 17.4. The van der Waals surface area contributed by atoms with Gasteiger partial charge in [-0.05, 0) is 22.4 Å². The largest absolute Gasteiger partial charge is 0.379 e. The number of benzene rings is 1. The number of carbonyl (C=O) groups excluding carboxylic acids is 1. The van der Waals surface area contributed by atoms with Crippen molar-refractivity contribution in [3.63, 3.8) is 0 Å². The second-order valence-electron chi connectivity index (χ2n) is 2.93. The molecule has 2 rings (SSSR count). The van der Waals surface area contributed by atoms with E-state index in [2.05, 4.69) is 20.3 Å². The highest BCUT2D eigenvalue weighted by Gasteiger charge is 2.16. The van der Waals surface area contributed by atoms with Crippen LogP contribution >= 0.6 is 0 Å². The minimum atomic E-state index is -0.677. The first-order valence-corrected chi connectivity index (χ1v) is 4.32. The van der Waals surface area contributed by atoms with Crippen LogP contribution in [-0.4, -0.2) is 16.2 Å². The average molecular weight is 222 g/mol. The molecule has 0 atom stereocenters. The van der Waals surface area contributed by atoms with Crippen LogP contribution in [0.5, 0.6) is 0 Å². The first kappa shape index (κ1) is 10.1. The second-order valence-corrected chi connectivity index (χ2v) is 2.93. The van der Waals surface area contributed by atoms with Crippen LogP contribution in [0, 0.1) is 5.82 Å². The molecular weight excluding hydrogens is 215 g/mol. The number of anilines is 2. The smallest absolute Gasteiger partial charge is 0.281 e. The molecule has 0 aliphatic carbocycles. The summed E-state index contributed by atoms with van der Waals surface area (Å²) >= 11 is 0. The van der Waals surface area contributed by atoms with Crippen molar-refractivity contribution < 1.29 is 13.8 Å². The number of rotatable bonds is 2. The molecule has 16 heavy (non-hydrogen) atoms. The number of amides is 1. The predicted molar refractivity (Wildman–Crippen MR) is 53.1 cm³/mol. The highest BCUT2D eigenvalue weighted by atomic mass is 19.1. The van der Waals surface area contributed by atoms with Gasteiger partial charge in [0.2, 0.25) is 11.5 Å². The van der Waals surface area contributed by atoms with Crippen molar-refractivity contribution in [2.24, 2.45) is 0 Å². The maximum Gasteiger partial charge on any atom is 0.281 e. The number of hydrogen-bond acceptors (Lipinski definition) is 5. The van der Waals surface area contributed by atoms with Crippen LogP contribution in [0.15, 0.2) is 28.9 Å².